The maximum atomic E-state index is 11.3. The van der Waals surface area contributed by atoms with Crippen molar-refractivity contribution in [1.82, 2.24) is 9.88 Å². The van der Waals surface area contributed by atoms with Crippen LogP contribution in [0.5, 0.6) is 5.88 Å². The third kappa shape index (κ3) is 3.44. The lowest BCUT2D eigenvalue weighted by atomic mass is 9.92. The Morgan fingerprint density at radius 2 is 2.37 bits per heavy atom. The molecule has 5 heteroatoms. The minimum Gasteiger partial charge on any atom is -0.481 e. The minimum absolute atomic E-state index is 0.406. The maximum Gasteiger partial charge on any atom is 0.320 e. The number of aliphatic carboxylic acids is 1. The van der Waals surface area contributed by atoms with Crippen LogP contribution in [-0.4, -0.2) is 40.7 Å². The summed E-state index contributed by atoms with van der Waals surface area (Å²) < 4.78 is 5.09. The van der Waals surface area contributed by atoms with Crippen molar-refractivity contribution < 1.29 is 14.6 Å². The Morgan fingerprint density at radius 3 is 3.05 bits per heavy atom. The van der Waals surface area contributed by atoms with Gasteiger partial charge < -0.3 is 9.84 Å². The molecule has 0 aromatic carbocycles. The van der Waals surface area contributed by atoms with Crippen molar-refractivity contribution in [2.24, 2.45) is 5.92 Å². The molecule has 1 aliphatic rings. The van der Waals surface area contributed by atoms with E-state index in [-0.39, 0.29) is 0 Å². The Balaban J connectivity index is 2.09. The molecule has 0 amide bonds. The fourth-order valence-corrected chi connectivity index (χ4v) is 2.50. The first kappa shape index (κ1) is 13.8. The Labute approximate surface area is 113 Å². The quantitative estimate of drug-likeness (QED) is 0.898. The van der Waals surface area contributed by atoms with Gasteiger partial charge in [0, 0.05) is 12.6 Å². The molecule has 1 aliphatic heterocycles. The van der Waals surface area contributed by atoms with E-state index in [1.807, 2.05) is 17.0 Å². The number of carboxylic acid groups (broad SMARTS) is 1. The van der Waals surface area contributed by atoms with E-state index in [9.17, 15) is 9.90 Å². The van der Waals surface area contributed by atoms with E-state index in [2.05, 4.69) is 11.9 Å². The second-order valence-electron chi connectivity index (χ2n) is 5.13. The fourth-order valence-electron chi connectivity index (χ4n) is 2.50. The number of methoxy groups -OCH3 is 1. The zero-order valence-corrected chi connectivity index (χ0v) is 11.4. The van der Waals surface area contributed by atoms with Crippen LogP contribution in [0.25, 0.3) is 0 Å². The molecule has 1 saturated heterocycles. The monoisotopic (exact) mass is 264 g/mol. The highest BCUT2D eigenvalue weighted by Crippen LogP contribution is 2.24. The van der Waals surface area contributed by atoms with E-state index in [1.165, 1.54) is 0 Å². The first-order valence-corrected chi connectivity index (χ1v) is 6.57. The van der Waals surface area contributed by atoms with Gasteiger partial charge in [-0.3, -0.25) is 9.69 Å². The summed E-state index contributed by atoms with van der Waals surface area (Å²) in [5.41, 5.74) is 0.847. The van der Waals surface area contributed by atoms with E-state index >= 15 is 0 Å². The van der Waals surface area contributed by atoms with Crippen molar-refractivity contribution in [2.45, 2.75) is 32.4 Å². The van der Waals surface area contributed by atoms with E-state index < -0.39 is 12.0 Å². The molecule has 1 aromatic rings. The highest BCUT2D eigenvalue weighted by molar-refractivity contribution is 5.73. The topological polar surface area (TPSA) is 62.7 Å². The van der Waals surface area contributed by atoms with Crippen LogP contribution in [0.2, 0.25) is 0 Å². The van der Waals surface area contributed by atoms with E-state index in [0.29, 0.717) is 24.8 Å². The van der Waals surface area contributed by atoms with Crippen molar-refractivity contribution >= 4 is 5.97 Å². The summed E-state index contributed by atoms with van der Waals surface area (Å²) in [6.45, 7) is 3.47. The average molecular weight is 264 g/mol. The van der Waals surface area contributed by atoms with Gasteiger partial charge in [0.2, 0.25) is 5.88 Å². The van der Waals surface area contributed by atoms with Crippen molar-refractivity contribution in [2.75, 3.05) is 13.7 Å². The lowest BCUT2D eigenvalue weighted by Gasteiger charge is -2.35. The lowest BCUT2D eigenvalue weighted by Crippen LogP contribution is -2.46. The van der Waals surface area contributed by atoms with Crippen molar-refractivity contribution in [3.63, 3.8) is 0 Å². The van der Waals surface area contributed by atoms with Crippen LogP contribution in [-0.2, 0) is 11.3 Å². The summed E-state index contributed by atoms with van der Waals surface area (Å²) >= 11 is 0. The Morgan fingerprint density at radius 1 is 1.58 bits per heavy atom. The molecule has 2 unspecified atom stereocenters. The van der Waals surface area contributed by atoms with Gasteiger partial charge in [0.1, 0.15) is 6.04 Å². The van der Waals surface area contributed by atoms with E-state index in [1.54, 1.807) is 13.2 Å². The molecule has 2 rings (SSSR count). The summed E-state index contributed by atoms with van der Waals surface area (Å²) in [5, 5.41) is 9.32. The molecule has 1 fully saturated rings. The predicted molar refractivity (Wildman–Crippen MR) is 71.0 cm³/mol. The molecule has 5 nitrogen and oxygen atoms in total. The third-order valence-corrected chi connectivity index (χ3v) is 3.62. The Bertz CT molecular complexity index is 450. The standard InChI is InChI=1S/C14H20N2O3/c1-10-6-7-16(12(8-10)14(17)18)9-11-4-3-5-13(15-11)19-2/h3-5,10,12H,6-9H2,1-2H3,(H,17,18). The van der Waals surface area contributed by atoms with Gasteiger partial charge in [-0.15, -0.1) is 0 Å². The van der Waals surface area contributed by atoms with E-state index in [4.69, 9.17) is 4.74 Å². The Hall–Kier alpha value is -1.62. The summed E-state index contributed by atoms with van der Waals surface area (Å²) in [4.78, 5) is 17.7. The Kier molecular flexibility index (Phi) is 4.37. The van der Waals surface area contributed by atoms with Crippen LogP contribution >= 0.6 is 0 Å². The van der Waals surface area contributed by atoms with Crippen LogP contribution in [0, 0.1) is 5.92 Å². The van der Waals surface area contributed by atoms with Crippen molar-refractivity contribution in [1.29, 1.82) is 0 Å². The number of ether oxygens (including phenoxy) is 1. The number of carbonyl (C=O) groups is 1. The second-order valence-corrected chi connectivity index (χ2v) is 5.13. The van der Waals surface area contributed by atoms with Crippen LogP contribution in [0.3, 0.4) is 0 Å². The minimum atomic E-state index is -0.741. The number of pyridine rings is 1. The molecule has 2 atom stereocenters. The number of piperidine rings is 1. The molecule has 104 valence electrons. The van der Waals surface area contributed by atoms with Gasteiger partial charge in [-0.25, -0.2) is 4.98 Å². The van der Waals surface area contributed by atoms with Gasteiger partial charge in [-0.05, 0) is 31.4 Å². The highest BCUT2D eigenvalue weighted by Gasteiger charge is 2.31. The average Bonchev–Trinajstić information content (AvgIpc) is 2.41. The number of rotatable bonds is 4. The molecule has 0 aliphatic carbocycles. The lowest BCUT2D eigenvalue weighted by molar-refractivity contribution is -0.145. The van der Waals surface area contributed by atoms with Crippen LogP contribution < -0.4 is 4.74 Å². The SMILES string of the molecule is COc1cccc(CN2CCC(C)CC2C(=O)O)n1. The second kappa shape index (κ2) is 6.02. The molecular weight excluding hydrogens is 244 g/mol. The summed E-state index contributed by atoms with van der Waals surface area (Å²) in [6, 6.07) is 5.16. The predicted octanol–water partition coefficient (Wildman–Crippen LogP) is 1.78. The summed E-state index contributed by atoms with van der Waals surface area (Å²) in [5.74, 6) is 0.291. The largest absolute Gasteiger partial charge is 0.481 e. The van der Waals surface area contributed by atoms with E-state index in [0.717, 1.165) is 18.7 Å². The van der Waals surface area contributed by atoms with Gasteiger partial charge in [0.05, 0.1) is 12.8 Å². The first-order valence-electron chi connectivity index (χ1n) is 6.57. The van der Waals surface area contributed by atoms with Gasteiger partial charge in [-0.2, -0.15) is 0 Å². The van der Waals surface area contributed by atoms with Gasteiger partial charge in [0.25, 0.3) is 0 Å². The van der Waals surface area contributed by atoms with Crippen molar-refractivity contribution in [3.05, 3.63) is 23.9 Å². The number of hydrogen-bond donors (Lipinski definition) is 1. The zero-order valence-electron chi connectivity index (χ0n) is 11.4. The normalized spacial score (nSPS) is 24.1. The number of nitrogens with zero attached hydrogens (tertiary/aromatic N) is 2. The van der Waals surface area contributed by atoms with Gasteiger partial charge >= 0.3 is 5.97 Å². The molecule has 1 aromatic heterocycles. The fraction of sp³-hybridized carbons (Fsp3) is 0.571. The molecule has 0 saturated carbocycles. The van der Waals surface area contributed by atoms with Gasteiger partial charge in [0.15, 0.2) is 0 Å². The molecular formula is C14H20N2O3. The van der Waals surface area contributed by atoms with Crippen LogP contribution in [0.15, 0.2) is 18.2 Å². The summed E-state index contributed by atoms with van der Waals surface area (Å²) in [7, 11) is 1.58. The first-order chi connectivity index (χ1) is 9.10. The molecule has 2 heterocycles. The zero-order chi connectivity index (χ0) is 13.8. The molecule has 0 spiro atoms. The van der Waals surface area contributed by atoms with Crippen LogP contribution in [0.1, 0.15) is 25.5 Å². The third-order valence-electron chi connectivity index (χ3n) is 3.62. The smallest absolute Gasteiger partial charge is 0.320 e. The van der Waals surface area contributed by atoms with Crippen LogP contribution in [0.4, 0.5) is 0 Å². The number of hydrogen-bond acceptors (Lipinski definition) is 4. The van der Waals surface area contributed by atoms with Gasteiger partial charge in [-0.1, -0.05) is 13.0 Å². The highest BCUT2D eigenvalue weighted by atomic mass is 16.5. The molecule has 1 N–H and O–H groups in total. The number of carboxylic acids is 1. The summed E-state index contributed by atoms with van der Waals surface area (Å²) in [6.07, 6.45) is 1.74. The molecule has 19 heavy (non-hydrogen) atoms. The number of likely N-dealkylation sites (tertiary alicyclic amines) is 1. The maximum absolute atomic E-state index is 11.3. The van der Waals surface area contributed by atoms with Crippen molar-refractivity contribution in [3.8, 4) is 5.88 Å². The molecule has 0 bridgehead atoms. The number of aromatic nitrogens is 1. The molecule has 0 radical (unpaired) electrons.